The first-order valence-electron chi connectivity index (χ1n) is 2.32. The molecule has 0 N–H and O–H groups in total. The third-order valence-corrected chi connectivity index (χ3v) is 2.88. The molecule has 0 spiro atoms. The standard InChI is InChI=1S/C5H4OSi/c6-3-1-4-5(2-3)7-4/h1-2H,7H2. The highest BCUT2D eigenvalue weighted by Gasteiger charge is 2.27. The van der Waals surface area contributed by atoms with Crippen LogP contribution >= 0.6 is 0 Å². The predicted molar refractivity (Wildman–Crippen MR) is 29.7 cm³/mol. The molecule has 2 aliphatic rings. The lowest BCUT2D eigenvalue weighted by atomic mass is 10.4. The number of carbonyl (C=O) groups is 1. The Morgan fingerprint density at radius 2 is 1.86 bits per heavy atom. The van der Waals surface area contributed by atoms with Crippen LogP contribution in [0.1, 0.15) is 0 Å². The fourth-order valence-electron chi connectivity index (χ4n) is 0.834. The molecule has 0 unspecified atom stereocenters. The van der Waals surface area contributed by atoms with Crippen molar-refractivity contribution in [3.63, 3.8) is 0 Å². The minimum Gasteiger partial charge on any atom is -0.290 e. The zero-order valence-electron chi connectivity index (χ0n) is 3.77. The number of rotatable bonds is 0. The summed E-state index contributed by atoms with van der Waals surface area (Å²) in [5, 5.41) is 2.79. The van der Waals surface area contributed by atoms with E-state index in [-0.39, 0.29) is 15.3 Å². The van der Waals surface area contributed by atoms with Gasteiger partial charge in [-0.2, -0.15) is 0 Å². The van der Waals surface area contributed by atoms with E-state index in [1.165, 1.54) is 10.4 Å². The van der Waals surface area contributed by atoms with Crippen molar-refractivity contribution in [1.29, 1.82) is 0 Å². The van der Waals surface area contributed by atoms with E-state index in [9.17, 15) is 4.79 Å². The van der Waals surface area contributed by atoms with Gasteiger partial charge in [0.25, 0.3) is 0 Å². The van der Waals surface area contributed by atoms with Gasteiger partial charge in [0, 0.05) is 0 Å². The number of fused-ring (bicyclic) bond motifs is 1. The Balaban J connectivity index is 2.60. The van der Waals surface area contributed by atoms with Gasteiger partial charge in [-0.1, -0.05) is 10.4 Å². The van der Waals surface area contributed by atoms with Gasteiger partial charge in [-0.05, 0) is 12.2 Å². The second-order valence-electron chi connectivity index (χ2n) is 1.92. The molecule has 2 heteroatoms. The summed E-state index contributed by atoms with van der Waals surface area (Å²) in [6.07, 6.45) is 3.53. The summed E-state index contributed by atoms with van der Waals surface area (Å²) < 4.78 is 0. The Bertz CT molecular complexity index is 180. The molecule has 0 radical (unpaired) electrons. The van der Waals surface area contributed by atoms with Gasteiger partial charge in [0.15, 0.2) is 5.78 Å². The molecule has 0 saturated carbocycles. The van der Waals surface area contributed by atoms with Crippen molar-refractivity contribution in [2.24, 2.45) is 0 Å². The molecule has 7 heavy (non-hydrogen) atoms. The molecule has 1 aliphatic heterocycles. The molecule has 0 aromatic rings. The largest absolute Gasteiger partial charge is 0.290 e. The van der Waals surface area contributed by atoms with Crippen molar-refractivity contribution in [3.8, 4) is 0 Å². The molecule has 0 atom stereocenters. The SMILES string of the molecule is O=C1C=C2[SiH2]C2=C1. The van der Waals surface area contributed by atoms with Crippen molar-refractivity contribution < 1.29 is 4.79 Å². The number of allylic oxidation sites excluding steroid dienone is 4. The Kier molecular flexibility index (Phi) is 0.382. The molecule has 0 aromatic carbocycles. The predicted octanol–water partition coefficient (Wildman–Crippen LogP) is -0.481. The van der Waals surface area contributed by atoms with Gasteiger partial charge < -0.3 is 0 Å². The van der Waals surface area contributed by atoms with Crippen LogP contribution in [-0.4, -0.2) is 15.3 Å². The van der Waals surface area contributed by atoms with Gasteiger partial charge in [0.1, 0.15) is 0 Å². The summed E-state index contributed by atoms with van der Waals surface area (Å²) in [6.45, 7) is 0. The number of hydrogen-bond donors (Lipinski definition) is 0. The highest BCUT2D eigenvalue weighted by molar-refractivity contribution is 6.76. The average Bonchev–Trinajstić information content (AvgIpc) is 2.15. The minimum absolute atomic E-state index is 0.0614. The third-order valence-electron chi connectivity index (χ3n) is 1.30. The van der Waals surface area contributed by atoms with Crippen molar-refractivity contribution in [2.45, 2.75) is 0 Å². The second kappa shape index (κ2) is 0.792. The molecular formula is C5H4OSi. The maximum absolute atomic E-state index is 10.4. The van der Waals surface area contributed by atoms with Crippen molar-refractivity contribution in [3.05, 3.63) is 22.5 Å². The first-order valence-corrected chi connectivity index (χ1v) is 3.73. The molecule has 1 nitrogen and oxygen atoms in total. The fourth-order valence-corrected chi connectivity index (χ4v) is 1.97. The van der Waals surface area contributed by atoms with Gasteiger partial charge in [-0.25, -0.2) is 0 Å². The number of carbonyl (C=O) groups excluding carboxylic acids is 1. The summed E-state index contributed by atoms with van der Waals surface area (Å²) in [5.74, 6) is 0.212. The lowest BCUT2D eigenvalue weighted by Gasteiger charge is -1.68. The summed E-state index contributed by atoms with van der Waals surface area (Å²) in [4.78, 5) is 10.4. The van der Waals surface area contributed by atoms with Crippen LogP contribution in [-0.2, 0) is 4.79 Å². The quantitative estimate of drug-likeness (QED) is 0.383. The molecule has 34 valence electrons. The molecular weight excluding hydrogens is 104 g/mol. The molecule has 1 fully saturated rings. The van der Waals surface area contributed by atoms with Crippen molar-refractivity contribution in [1.82, 2.24) is 0 Å². The highest BCUT2D eigenvalue weighted by Crippen LogP contribution is 2.29. The lowest BCUT2D eigenvalue weighted by Crippen LogP contribution is -1.80. The van der Waals surface area contributed by atoms with Crippen LogP contribution in [0.3, 0.4) is 0 Å². The topological polar surface area (TPSA) is 17.1 Å². The van der Waals surface area contributed by atoms with Crippen molar-refractivity contribution in [2.75, 3.05) is 0 Å². The molecule has 0 amide bonds. The Hall–Kier alpha value is -0.633. The van der Waals surface area contributed by atoms with Gasteiger partial charge in [-0.3, -0.25) is 4.79 Å². The minimum atomic E-state index is 0.0614. The summed E-state index contributed by atoms with van der Waals surface area (Å²) in [7, 11) is 0.0614. The van der Waals surface area contributed by atoms with Crippen molar-refractivity contribution >= 4 is 15.3 Å². The van der Waals surface area contributed by atoms with E-state index in [1.807, 2.05) is 0 Å². The highest BCUT2D eigenvalue weighted by atomic mass is 28.2. The number of ketones is 1. The van der Waals surface area contributed by atoms with E-state index >= 15 is 0 Å². The monoisotopic (exact) mass is 108 g/mol. The lowest BCUT2D eigenvalue weighted by molar-refractivity contribution is -0.110. The van der Waals surface area contributed by atoms with Crippen LogP contribution in [0.2, 0.25) is 0 Å². The van der Waals surface area contributed by atoms with E-state index in [0.717, 1.165) is 0 Å². The van der Waals surface area contributed by atoms with Gasteiger partial charge in [-0.15, -0.1) is 0 Å². The van der Waals surface area contributed by atoms with Crippen LogP contribution < -0.4 is 0 Å². The van der Waals surface area contributed by atoms with E-state index in [0.29, 0.717) is 0 Å². The Morgan fingerprint density at radius 1 is 1.29 bits per heavy atom. The van der Waals surface area contributed by atoms with E-state index in [4.69, 9.17) is 0 Å². The normalized spacial score (nSPS) is 23.7. The summed E-state index contributed by atoms with van der Waals surface area (Å²) >= 11 is 0. The molecule has 1 aliphatic carbocycles. The number of hydrogen-bond acceptors (Lipinski definition) is 1. The average molecular weight is 108 g/mol. The van der Waals surface area contributed by atoms with Crippen LogP contribution in [0.5, 0.6) is 0 Å². The Labute approximate surface area is 43.5 Å². The fraction of sp³-hybridized carbons (Fsp3) is 0. The molecule has 0 bridgehead atoms. The zero-order chi connectivity index (χ0) is 4.85. The van der Waals surface area contributed by atoms with E-state index in [1.54, 1.807) is 12.2 Å². The molecule has 0 aromatic heterocycles. The molecule has 2 rings (SSSR count). The summed E-state index contributed by atoms with van der Waals surface area (Å²) in [6, 6.07) is 0. The van der Waals surface area contributed by atoms with Crippen LogP contribution in [0.4, 0.5) is 0 Å². The van der Waals surface area contributed by atoms with E-state index < -0.39 is 0 Å². The van der Waals surface area contributed by atoms with Gasteiger partial charge in [0.2, 0.25) is 0 Å². The first-order chi connectivity index (χ1) is 3.36. The van der Waals surface area contributed by atoms with E-state index in [2.05, 4.69) is 0 Å². The maximum atomic E-state index is 10.4. The molecule has 1 heterocycles. The zero-order valence-corrected chi connectivity index (χ0v) is 5.18. The first kappa shape index (κ1) is 3.38. The Morgan fingerprint density at radius 3 is 2.14 bits per heavy atom. The van der Waals surface area contributed by atoms with Crippen LogP contribution in [0.15, 0.2) is 22.5 Å². The van der Waals surface area contributed by atoms with Crippen LogP contribution in [0, 0.1) is 0 Å². The maximum Gasteiger partial charge on any atom is 0.178 e. The smallest absolute Gasteiger partial charge is 0.178 e. The molecule has 1 saturated heterocycles. The van der Waals surface area contributed by atoms with Gasteiger partial charge in [0.05, 0.1) is 9.52 Å². The second-order valence-corrected chi connectivity index (χ2v) is 3.80. The summed E-state index contributed by atoms with van der Waals surface area (Å²) in [5.41, 5.74) is 0. The third kappa shape index (κ3) is 0.341. The van der Waals surface area contributed by atoms with Gasteiger partial charge >= 0.3 is 0 Å². The van der Waals surface area contributed by atoms with Crippen LogP contribution in [0.25, 0.3) is 0 Å².